The zero-order valence-corrected chi connectivity index (χ0v) is 16.7. The first-order chi connectivity index (χ1) is 13.7. The van der Waals surface area contributed by atoms with Gasteiger partial charge in [-0.2, -0.15) is 5.10 Å². The van der Waals surface area contributed by atoms with Crippen molar-refractivity contribution in [2.24, 2.45) is 11.8 Å². The van der Waals surface area contributed by atoms with Gasteiger partial charge < -0.3 is 4.90 Å². The normalized spacial score (nSPS) is 22.9. The maximum absolute atomic E-state index is 12.4. The summed E-state index contributed by atoms with van der Waals surface area (Å²) >= 11 is 0. The summed E-state index contributed by atoms with van der Waals surface area (Å²) in [5.74, 6) is 2.83. The van der Waals surface area contributed by atoms with Gasteiger partial charge in [-0.05, 0) is 68.4 Å². The van der Waals surface area contributed by atoms with Gasteiger partial charge in [-0.15, -0.1) is 5.10 Å². The zero-order valence-electron chi connectivity index (χ0n) is 16.7. The molecule has 0 radical (unpaired) electrons. The SMILES string of the molecule is CC1CCc2nnc(N3CCC(Cn4cnc(C5CC5)cc4=O)CC3)cc2C1. The average molecular weight is 380 g/mol. The molecule has 6 nitrogen and oxygen atoms in total. The van der Waals surface area contributed by atoms with Gasteiger partial charge >= 0.3 is 0 Å². The Bertz CT molecular complexity index is 911. The van der Waals surface area contributed by atoms with Crippen LogP contribution >= 0.6 is 0 Å². The smallest absolute Gasteiger partial charge is 0.253 e. The second-order valence-corrected chi connectivity index (χ2v) is 9.03. The number of hydrogen-bond acceptors (Lipinski definition) is 5. The number of hydrogen-bond donors (Lipinski definition) is 0. The van der Waals surface area contributed by atoms with Crippen LogP contribution < -0.4 is 10.5 Å². The Labute approximate surface area is 166 Å². The molecule has 2 aromatic rings. The van der Waals surface area contributed by atoms with Crippen molar-refractivity contribution in [3.05, 3.63) is 45.8 Å². The van der Waals surface area contributed by atoms with Gasteiger partial charge in [0.15, 0.2) is 5.82 Å². The molecule has 0 aromatic carbocycles. The van der Waals surface area contributed by atoms with E-state index < -0.39 is 0 Å². The minimum atomic E-state index is 0.106. The minimum Gasteiger partial charge on any atom is -0.355 e. The molecule has 1 atom stereocenters. The highest BCUT2D eigenvalue weighted by molar-refractivity contribution is 5.42. The van der Waals surface area contributed by atoms with Crippen LogP contribution in [0.4, 0.5) is 5.82 Å². The Morgan fingerprint density at radius 1 is 1.07 bits per heavy atom. The zero-order chi connectivity index (χ0) is 19.1. The lowest BCUT2D eigenvalue weighted by Crippen LogP contribution is -2.37. The lowest BCUT2D eigenvalue weighted by Gasteiger charge is -2.33. The molecule has 1 aliphatic heterocycles. The third kappa shape index (κ3) is 3.69. The van der Waals surface area contributed by atoms with Crippen LogP contribution in [0, 0.1) is 11.8 Å². The first-order valence-electron chi connectivity index (χ1n) is 10.8. The van der Waals surface area contributed by atoms with E-state index in [9.17, 15) is 4.79 Å². The van der Waals surface area contributed by atoms with E-state index in [0.29, 0.717) is 11.8 Å². The van der Waals surface area contributed by atoms with E-state index in [-0.39, 0.29) is 5.56 Å². The Morgan fingerprint density at radius 2 is 1.89 bits per heavy atom. The molecule has 1 saturated heterocycles. The molecule has 2 aromatic heterocycles. The predicted molar refractivity (Wildman–Crippen MR) is 109 cm³/mol. The first kappa shape index (κ1) is 17.8. The molecule has 6 heteroatoms. The highest BCUT2D eigenvalue weighted by Crippen LogP contribution is 2.38. The van der Waals surface area contributed by atoms with Crippen LogP contribution in [0.2, 0.25) is 0 Å². The number of piperidine rings is 1. The summed E-state index contributed by atoms with van der Waals surface area (Å²) in [4.78, 5) is 19.3. The maximum atomic E-state index is 12.4. The van der Waals surface area contributed by atoms with Gasteiger partial charge in [-0.3, -0.25) is 9.36 Å². The van der Waals surface area contributed by atoms with Crippen LogP contribution in [0.5, 0.6) is 0 Å². The van der Waals surface area contributed by atoms with E-state index in [0.717, 1.165) is 62.7 Å². The van der Waals surface area contributed by atoms with E-state index in [1.165, 1.54) is 30.5 Å². The predicted octanol–water partition coefficient (Wildman–Crippen LogP) is 2.95. The second-order valence-electron chi connectivity index (χ2n) is 9.03. The summed E-state index contributed by atoms with van der Waals surface area (Å²) in [6.45, 7) is 5.06. The van der Waals surface area contributed by atoms with Crippen LogP contribution in [-0.4, -0.2) is 32.8 Å². The van der Waals surface area contributed by atoms with E-state index >= 15 is 0 Å². The molecular formula is C22H29N5O. The quantitative estimate of drug-likeness (QED) is 0.817. The van der Waals surface area contributed by atoms with Crippen molar-refractivity contribution in [3.8, 4) is 0 Å². The largest absolute Gasteiger partial charge is 0.355 e. The van der Waals surface area contributed by atoms with Gasteiger partial charge in [-0.1, -0.05) is 6.92 Å². The Hall–Kier alpha value is -2.24. The number of fused-ring (bicyclic) bond motifs is 1. The van der Waals surface area contributed by atoms with E-state index in [2.05, 4.69) is 33.1 Å². The topological polar surface area (TPSA) is 63.9 Å². The highest BCUT2D eigenvalue weighted by Gasteiger charge is 2.26. The third-order valence-corrected chi connectivity index (χ3v) is 6.68. The lowest BCUT2D eigenvalue weighted by atomic mass is 9.88. The molecule has 1 unspecified atom stereocenters. The number of nitrogens with zero attached hydrogens (tertiary/aromatic N) is 5. The molecule has 5 rings (SSSR count). The van der Waals surface area contributed by atoms with Crippen molar-refractivity contribution in [3.63, 3.8) is 0 Å². The fraction of sp³-hybridized carbons (Fsp3) is 0.636. The monoisotopic (exact) mass is 379 g/mol. The molecule has 0 N–H and O–H groups in total. The van der Waals surface area contributed by atoms with Crippen molar-refractivity contribution in [2.75, 3.05) is 18.0 Å². The maximum Gasteiger partial charge on any atom is 0.253 e. The molecule has 2 fully saturated rings. The number of anilines is 1. The standard InChI is InChI=1S/C22H29N5O/c1-15-2-5-19-18(10-15)11-21(25-24-19)26-8-6-16(7-9-26)13-27-14-23-20(12-22(27)28)17-3-4-17/h11-12,14-17H,2-10,13H2,1H3. The van der Waals surface area contributed by atoms with Gasteiger partial charge in [0.05, 0.1) is 17.7 Å². The van der Waals surface area contributed by atoms with Gasteiger partial charge in [0.25, 0.3) is 5.56 Å². The lowest BCUT2D eigenvalue weighted by molar-refractivity contribution is 0.349. The van der Waals surface area contributed by atoms with Crippen molar-refractivity contribution >= 4 is 5.82 Å². The number of aryl methyl sites for hydroxylation is 1. The third-order valence-electron chi connectivity index (χ3n) is 6.68. The summed E-state index contributed by atoms with van der Waals surface area (Å²) in [6, 6.07) is 4.01. The minimum absolute atomic E-state index is 0.106. The van der Waals surface area contributed by atoms with Gasteiger partial charge in [0, 0.05) is 31.6 Å². The molecule has 0 amide bonds. The molecule has 3 heterocycles. The van der Waals surface area contributed by atoms with Crippen LogP contribution in [-0.2, 0) is 19.4 Å². The number of rotatable bonds is 4. The van der Waals surface area contributed by atoms with Crippen molar-refractivity contribution in [1.29, 1.82) is 0 Å². The van der Waals surface area contributed by atoms with Crippen molar-refractivity contribution in [1.82, 2.24) is 19.7 Å². The van der Waals surface area contributed by atoms with Gasteiger partial charge in [-0.25, -0.2) is 4.98 Å². The van der Waals surface area contributed by atoms with Crippen molar-refractivity contribution in [2.45, 2.75) is 64.3 Å². The summed E-state index contributed by atoms with van der Waals surface area (Å²) in [5.41, 5.74) is 3.67. The van der Waals surface area contributed by atoms with Gasteiger partial charge in [0.1, 0.15) is 0 Å². The fourth-order valence-corrected chi connectivity index (χ4v) is 4.65. The molecule has 148 valence electrons. The fourth-order valence-electron chi connectivity index (χ4n) is 4.65. The second kappa shape index (κ2) is 7.30. The molecule has 0 spiro atoms. The molecule has 28 heavy (non-hydrogen) atoms. The molecule has 1 saturated carbocycles. The van der Waals surface area contributed by atoms with Crippen LogP contribution in [0.25, 0.3) is 0 Å². The summed E-state index contributed by atoms with van der Waals surface area (Å²) < 4.78 is 1.80. The molecular weight excluding hydrogens is 350 g/mol. The van der Waals surface area contributed by atoms with Crippen LogP contribution in [0.15, 0.2) is 23.3 Å². The van der Waals surface area contributed by atoms with E-state index in [4.69, 9.17) is 0 Å². The molecule has 0 bridgehead atoms. The first-order valence-corrected chi connectivity index (χ1v) is 10.8. The highest BCUT2D eigenvalue weighted by atomic mass is 16.1. The van der Waals surface area contributed by atoms with Gasteiger partial charge in [0.2, 0.25) is 0 Å². The van der Waals surface area contributed by atoms with E-state index in [1.807, 2.05) is 0 Å². The summed E-state index contributed by atoms with van der Waals surface area (Å²) in [7, 11) is 0. The van der Waals surface area contributed by atoms with E-state index in [1.54, 1.807) is 17.0 Å². The molecule has 3 aliphatic rings. The summed E-state index contributed by atoms with van der Waals surface area (Å²) in [5, 5.41) is 9.02. The Balaban J connectivity index is 1.21. The number of aromatic nitrogens is 4. The molecule has 2 aliphatic carbocycles. The summed E-state index contributed by atoms with van der Waals surface area (Å²) in [6.07, 6.45) is 9.69. The Morgan fingerprint density at radius 3 is 2.64 bits per heavy atom. The van der Waals surface area contributed by atoms with Crippen molar-refractivity contribution < 1.29 is 0 Å². The average Bonchev–Trinajstić information content (AvgIpc) is 3.55. The van der Waals surface area contributed by atoms with Crippen LogP contribution in [0.3, 0.4) is 0 Å². The Kier molecular flexibility index (Phi) is 4.65. The van der Waals surface area contributed by atoms with Crippen LogP contribution in [0.1, 0.15) is 61.9 Å².